The molecular formula is C19H18N2O. The Kier molecular flexibility index (Phi) is 3.88. The highest BCUT2D eigenvalue weighted by molar-refractivity contribution is 6.02. The minimum atomic E-state index is 0.559. The number of hydrogen-bond donors (Lipinski definition) is 1. The molecule has 0 aliphatic heterocycles. The number of oxime groups is 1. The number of benzene rings is 2. The summed E-state index contributed by atoms with van der Waals surface area (Å²) in [5.74, 6) is 0. The third-order valence-electron chi connectivity index (χ3n) is 3.88. The van der Waals surface area contributed by atoms with Crippen molar-refractivity contribution in [3.05, 3.63) is 77.0 Å². The Bertz CT molecular complexity index is 836. The van der Waals surface area contributed by atoms with E-state index in [9.17, 15) is 5.21 Å². The molecule has 0 aliphatic rings. The molecule has 1 aromatic heterocycles. The molecule has 0 saturated carbocycles. The number of aryl methyl sites for hydroxylation is 2. The fourth-order valence-electron chi connectivity index (χ4n) is 2.56. The molecule has 0 bridgehead atoms. The van der Waals surface area contributed by atoms with Crippen molar-refractivity contribution in [2.24, 2.45) is 5.16 Å². The van der Waals surface area contributed by atoms with Crippen LogP contribution in [0.2, 0.25) is 0 Å². The summed E-state index contributed by atoms with van der Waals surface area (Å²) >= 11 is 0. The maximum atomic E-state index is 9.38. The van der Waals surface area contributed by atoms with Crippen molar-refractivity contribution in [3.63, 3.8) is 0 Å². The monoisotopic (exact) mass is 290 g/mol. The number of para-hydroxylation sites is 1. The number of aromatic nitrogens is 1. The van der Waals surface area contributed by atoms with Crippen LogP contribution in [0.15, 0.2) is 59.8 Å². The molecule has 22 heavy (non-hydrogen) atoms. The second-order valence-corrected chi connectivity index (χ2v) is 5.52. The number of rotatable bonds is 3. The van der Waals surface area contributed by atoms with Crippen molar-refractivity contribution >= 4 is 16.6 Å². The van der Waals surface area contributed by atoms with Gasteiger partial charge in [0.05, 0.1) is 11.2 Å². The SMILES string of the molecule is Cc1ccc(/C(Cc2cc3ccccc3nc2C)=N\O)cc1. The highest BCUT2D eigenvalue weighted by Crippen LogP contribution is 2.18. The van der Waals surface area contributed by atoms with Crippen LogP contribution in [-0.4, -0.2) is 15.9 Å². The first-order valence-corrected chi connectivity index (χ1v) is 7.30. The van der Waals surface area contributed by atoms with E-state index >= 15 is 0 Å². The number of fused-ring (bicyclic) bond motifs is 1. The third-order valence-corrected chi connectivity index (χ3v) is 3.88. The molecule has 0 fully saturated rings. The van der Waals surface area contributed by atoms with Crippen LogP contribution in [0.4, 0.5) is 0 Å². The van der Waals surface area contributed by atoms with Gasteiger partial charge < -0.3 is 5.21 Å². The molecule has 0 amide bonds. The third kappa shape index (κ3) is 2.84. The van der Waals surface area contributed by atoms with Gasteiger partial charge in [-0.1, -0.05) is 53.2 Å². The highest BCUT2D eigenvalue weighted by Gasteiger charge is 2.10. The lowest BCUT2D eigenvalue weighted by atomic mass is 9.99. The largest absolute Gasteiger partial charge is 0.411 e. The van der Waals surface area contributed by atoms with Gasteiger partial charge in [0.15, 0.2) is 0 Å². The van der Waals surface area contributed by atoms with Crippen LogP contribution in [0.5, 0.6) is 0 Å². The normalized spacial score (nSPS) is 11.8. The average Bonchev–Trinajstić information content (AvgIpc) is 2.54. The minimum absolute atomic E-state index is 0.559. The van der Waals surface area contributed by atoms with E-state index in [1.54, 1.807) is 0 Å². The molecule has 3 rings (SSSR count). The van der Waals surface area contributed by atoms with Crippen LogP contribution in [-0.2, 0) is 6.42 Å². The Labute approximate surface area is 129 Å². The van der Waals surface area contributed by atoms with E-state index in [0.29, 0.717) is 12.1 Å². The molecule has 0 saturated heterocycles. The minimum Gasteiger partial charge on any atom is -0.411 e. The molecule has 0 atom stereocenters. The molecular weight excluding hydrogens is 272 g/mol. The predicted octanol–water partition coefficient (Wildman–Crippen LogP) is 4.27. The lowest BCUT2D eigenvalue weighted by molar-refractivity contribution is 0.318. The number of nitrogens with zero attached hydrogens (tertiary/aromatic N) is 2. The molecule has 1 N–H and O–H groups in total. The molecule has 1 heterocycles. The second kappa shape index (κ2) is 5.98. The maximum absolute atomic E-state index is 9.38. The van der Waals surface area contributed by atoms with Gasteiger partial charge >= 0.3 is 0 Å². The fraction of sp³-hybridized carbons (Fsp3) is 0.158. The summed E-state index contributed by atoms with van der Waals surface area (Å²) < 4.78 is 0. The predicted molar refractivity (Wildman–Crippen MR) is 89.7 cm³/mol. The van der Waals surface area contributed by atoms with E-state index < -0.39 is 0 Å². The zero-order chi connectivity index (χ0) is 15.5. The topological polar surface area (TPSA) is 45.5 Å². The van der Waals surface area contributed by atoms with E-state index in [4.69, 9.17) is 0 Å². The molecule has 0 unspecified atom stereocenters. The number of hydrogen-bond acceptors (Lipinski definition) is 3. The summed E-state index contributed by atoms with van der Waals surface area (Å²) in [7, 11) is 0. The molecule has 3 heteroatoms. The summed E-state index contributed by atoms with van der Waals surface area (Å²) in [6.07, 6.45) is 0.559. The van der Waals surface area contributed by atoms with Crippen LogP contribution in [0.1, 0.15) is 22.4 Å². The first-order chi connectivity index (χ1) is 10.7. The van der Waals surface area contributed by atoms with Gasteiger partial charge in [-0.2, -0.15) is 0 Å². The van der Waals surface area contributed by atoms with Crippen LogP contribution < -0.4 is 0 Å². The zero-order valence-electron chi connectivity index (χ0n) is 12.7. The first-order valence-electron chi connectivity index (χ1n) is 7.30. The quantitative estimate of drug-likeness (QED) is 0.445. The van der Waals surface area contributed by atoms with Crippen LogP contribution in [0.25, 0.3) is 10.9 Å². The van der Waals surface area contributed by atoms with Gasteiger partial charge in [0.2, 0.25) is 0 Å². The summed E-state index contributed by atoms with van der Waals surface area (Å²) in [6, 6.07) is 18.2. The molecule has 0 spiro atoms. The maximum Gasteiger partial charge on any atom is 0.0912 e. The summed E-state index contributed by atoms with van der Waals surface area (Å²) in [5, 5.41) is 14.0. The van der Waals surface area contributed by atoms with E-state index in [1.807, 2.05) is 62.4 Å². The number of pyridine rings is 1. The average molecular weight is 290 g/mol. The van der Waals surface area contributed by atoms with Crippen LogP contribution in [0.3, 0.4) is 0 Å². The summed E-state index contributed by atoms with van der Waals surface area (Å²) in [5.41, 5.74) is 5.80. The van der Waals surface area contributed by atoms with Crippen molar-refractivity contribution < 1.29 is 5.21 Å². The zero-order valence-corrected chi connectivity index (χ0v) is 12.7. The second-order valence-electron chi connectivity index (χ2n) is 5.52. The van der Waals surface area contributed by atoms with Gasteiger partial charge in [0.1, 0.15) is 0 Å². The van der Waals surface area contributed by atoms with Crippen LogP contribution >= 0.6 is 0 Å². The van der Waals surface area contributed by atoms with E-state index in [1.165, 1.54) is 5.56 Å². The molecule has 110 valence electrons. The lowest BCUT2D eigenvalue weighted by Crippen LogP contribution is -2.07. The van der Waals surface area contributed by atoms with Crippen LogP contribution in [0, 0.1) is 13.8 Å². The van der Waals surface area contributed by atoms with Gasteiger partial charge in [-0.25, -0.2) is 0 Å². The van der Waals surface area contributed by atoms with Crippen molar-refractivity contribution in [3.8, 4) is 0 Å². The Morgan fingerprint density at radius 3 is 2.50 bits per heavy atom. The smallest absolute Gasteiger partial charge is 0.0912 e. The molecule has 2 aromatic carbocycles. The highest BCUT2D eigenvalue weighted by atomic mass is 16.4. The van der Waals surface area contributed by atoms with Gasteiger partial charge in [0, 0.05) is 17.5 Å². The standard InChI is InChI=1S/C19H18N2O/c1-13-7-9-15(10-8-13)19(21-22)12-17-11-16-5-3-4-6-18(16)20-14(17)2/h3-11,22H,12H2,1-2H3/b21-19-. The molecule has 0 radical (unpaired) electrons. The fourth-order valence-corrected chi connectivity index (χ4v) is 2.56. The van der Waals surface area contributed by atoms with Gasteiger partial charge in [-0.15, -0.1) is 0 Å². The van der Waals surface area contributed by atoms with Crippen molar-refractivity contribution in [2.45, 2.75) is 20.3 Å². The van der Waals surface area contributed by atoms with E-state index in [2.05, 4.69) is 16.2 Å². The molecule has 3 aromatic rings. The molecule has 3 nitrogen and oxygen atoms in total. The van der Waals surface area contributed by atoms with E-state index in [-0.39, 0.29) is 0 Å². The lowest BCUT2D eigenvalue weighted by Gasteiger charge is -2.09. The van der Waals surface area contributed by atoms with Crippen molar-refractivity contribution in [2.75, 3.05) is 0 Å². The Morgan fingerprint density at radius 1 is 1.05 bits per heavy atom. The van der Waals surface area contributed by atoms with Crippen molar-refractivity contribution in [1.29, 1.82) is 0 Å². The Morgan fingerprint density at radius 2 is 1.77 bits per heavy atom. The van der Waals surface area contributed by atoms with Gasteiger partial charge in [-0.3, -0.25) is 4.98 Å². The first kappa shape index (κ1) is 14.3. The Hall–Kier alpha value is -2.68. The van der Waals surface area contributed by atoms with Gasteiger partial charge in [0.25, 0.3) is 0 Å². The summed E-state index contributed by atoms with van der Waals surface area (Å²) in [4.78, 5) is 4.63. The summed E-state index contributed by atoms with van der Waals surface area (Å²) in [6.45, 7) is 4.03. The Balaban J connectivity index is 1.97. The van der Waals surface area contributed by atoms with Crippen molar-refractivity contribution in [1.82, 2.24) is 4.98 Å². The van der Waals surface area contributed by atoms with E-state index in [0.717, 1.165) is 27.7 Å². The van der Waals surface area contributed by atoms with Gasteiger partial charge in [-0.05, 0) is 37.1 Å². The molecule has 0 aliphatic carbocycles.